The molecular formula is C19H13Cl2N3OS. The monoisotopic (exact) mass is 401 g/mol. The maximum atomic E-state index is 6.17. The summed E-state index contributed by atoms with van der Waals surface area (Å²) >= 11 is 13.8. The third kappa shape index (κ3) is 3.51. The second-order valence-electron chi connectivity index (χ2n) is 5.59. The van der Waals surface area contributed by atoms with Gasteiger partial charge in [-0.2, -0.15) is 4.98 Å². The number of aromatic amines is 1. The van der Waals surface area contributed by atoms with Crippen LogP contribution in [0, 0.1) is 6.92 Å². The summed E-state index contributed by atoms with van der Waals surface area (Å²) in [7, 11) is 0. The predicted molar refractivity (Wildman–Crippen MR) is 106 cm³/mol. The normalized spacial score (nSPS) is 11.0. The second kappa shape index (κ2) is 7.19. The molecule has 0 unspecified atom stereocenters. The highest BCUT2D eigenvalue weighted by atomic mass is 35.5. The predicted octanol–water partition coefficient (Wildman–Crippen LogP) is 6.52. The number of pyridine rings is 1. The van der Waals surface area contributed by atoms with E-state index in [9.17, 15) is 0 Å². The summed E-state index contributed by atoms with van der Waals surface area (Å²) in [6.45, 7) is 2.05. The van der Waals surface area contributed by atoms with E-state index in [2.05, 4.69) is 21.0 Å². The molecule has 2 aromatic carbocycles. The first-order chi connectivity index (χ1) is 12.6. The van der Waals surface area contributed by atoms with Gasteiger partial charge in [-0.25, -0.2) is 0 Å². The summed E-state index contributed by atoms with van der Waals surface area (Å²) in [5.74, 6) is 0.499. The van der Waals surface area contributed by atoms with Gasteiger partial charge in [-0.3, -0.25) is 4.98 Å². The number of nitrogens with zero attached hydrogens (tertiary/aromatic N) is 2. The first-order valence-electron chi connectivity index (χ1n) is 7.80. The van der Waals surface area contributed by atoms with Crippen LogP contribution in [0.4, 0.5) is 0 Å². The lowest BCUT2D eigenvalue weighted by molar-refractivity contribution is 0.449. The molecule has 2 aromatic heterocycles. The smallest absolute Gasteiger partial charge is 0.300 e. The Morgan fingerprint density at radius 3 is 2.62 bits per heavy atom. The fourth-order valence-corrected chi connectivity index (χ4v) is 3.87. The molecule has 1 N–H and O–H groups in total. The van der Waals surface area contributed by atoms with E-state index in [0.717, 1.165) is 26.4 Å². The Kier molecular flexibility index (Phi) is 4.76. The number of halogens is 2. The van der Waals surface area contributed by atoms with Crippen LogP contribution in [-0.2, 0) is 0 Å². The van der Waals surface area contributed by atoms with Crippen LogP contribution in [0.15, 0.2) is 64.6 Å². The first-order valence-corrected chi connectivity index (χ1v) is 9.37. The number of aromatic nitrogens is 3. The van der Waals surface area contributed by atoms with Crippen molar-refractivity contribution < 1.29 is 4.74 Å². The van der Waals surface area contributed by atoms with Gasteiger partial charge in [0.25, 0.3) is 6.01 Å². The molecule has 4 rings (SSSR count). The quantitative estimate of drug-likeness (QED) is 0.422. The molecule has 0 radical (unpaired) electrons. The number of hydrogen-bond donors (Lipinski definition) is 1. The molecule has 0 fully saturated rings. The number of aryl methyl sites for hydroxylation is 1. The number of ether oxygens (including phenoxy) is 1. The Balaban J connectivity index is 1.66. The lowest BCUT2D eigenvalue weighted by Gasteiger charge is -2.05. The summed E-state index contributed by atoms with van der Waals surface area (Å²) in [6, 6.07) is 13.5. The van der Waals surface area contributed by atoms with Crippen molar-refractivity contribution in [3.63, 3.8) is 0 Å². The van der Waals surface area contributed by atoms with Gasteiger partial charge in [0, 0.05) is 27.2 Å². The van der Waals surface area contributed by atoms with Gasteiger partial charge in [-0.15, -0.1) is 0 Å². The van der Waals surface area contributed by atoms with Crippen LogP contribution >= 0.6 is 35.0 Å². The van der Waals surface area contributed by atoms with Crippen LogP contribution in [0.25, 0.3) is 11.0 Å². The van der Waals surface area contributed by atoms with Crippen LogP contribution in [0.3, 0.4) is 0 Å². The van der Waals surface area contributed by atoms with Gasteiger partial charge in [-0.05, 0) is 55.0 Å². The van der Waals surface area contributed by atoms with E-state index in [1.54, 1.807) is 42.4 Å². The molecule has 130 valence electrons. The molecule has 2 heterocycles. The van der Waals surface area contributed by atoms with Crippen molar-refractivity contribution in [3.05, 3.63) is 70.5 Å². The average Bonchev–Trinajstić information content (AvgIpc) is 3.04. The first kappa shape index (κ1) is 17.2. The van der Waals surface area contributed by atoms with Gasteiger partial charge in [0.15, 0.2) is 0 Å². The van der Waals surface area contributed by atoms with Crippen molar-refractivity contribution in [1.29, 1.82) is 0 Å². The summed E-state index contributed by atoms with van der Waals surface area (Å²) in [5, 5.41) is 0.990. The Labute approximate surface area is 164 Å². The molecule has 0 bridgehead atoms. The van der Waals surface area contributed by atoms with E-state index in [-0.39, 0.29) is 0 Å². The molecule has 0 saturated heterocycles. The van der Waals surface area contributed by atoms with E-state index >= 15 is 0 Å². The number of benzene rings is 2. The van der Waals surface area contributed by atoms with Gasteiger partial charge >= 0.3 is 0 Å². The Bertz CT molecular complexity index is 1080. The SMILES string of the molecule is Cc1c(Sc2ccncc2)ccc2[nH]c(Oc3ccc(Cl)cc3Cl)nc12. The van der Waals surface area contributed by atoms with Gasteiger partial charge in [0.2, 0.25) is 0 Å². The molecule has 0 saturated carbocycles. The van der Waals surface area contributed by atoms with Crippen molar-refractivity contribution >= 4 is 46.0 Å². The molecule has 0 aliphatic carbocycles. The van der Waals surface area contributed by atoms with Crippen molar-refractivity contribution in [2.45, 2.75) is 16.7 Å². The number of imidazole rings is 1. The maximum absolute atomic E-state index is 6.17. The maximum Gasteiger partial charge on any atom is 0.300 e. The number of hydrogen-bond acceptors (Lipinski definition) is 4. The highest BCUT2D eigenvalue weighted by molar-refractivity contribution is 7.99. The largest absolute Gasteiger partial charge is 0.424 e. The molecule has 4 nitrogen and oxygen atoms in total. The van der Waals surface area contributed by atoms with Crippen LogP contribution < -0.4 is 4.74 Å². The van der Waals surface area contributed by atoms with Crippen molar-refractivity contribution in [2.24, 2.45) is 0 Å². The molecule has 26 heavy (non-hydrogen) atoms. The highest BCUT2D eigenvalue weighted by Gasteiger charge is 2.12. The fraction of sp³-hybridized carbons (Fsp3) is 0.0526. The molecule has 0 spiro atoms. The van der Waals surface area contributed by atoms with Gasteiger partial charge in [0.05, 0.1) is 16.1 Å². The van der Waals surface area contributed by atoms with Crippen LogP contribution in [0.2, 0.25) is 10.0 Å². The van der Waals surface area contributed by atoms with Crippen molar-refractivity contribution in [3.8, 4) is 11.8 Å². The molecule has 0 aliphatic heterocycles. The van der Waals surface area contributed by atoms with E-state index < -0.39 is 0 Å². The Morgan fingerprint density at radius 1 is 1.04 bits per heavy atom. The number of fused-ring (bicyclic) bond motifs is 1. The lowest BCUT2D eigenvalue weighted by Crippen LogP contribution is -1.87. The summed E-state index contributed by atoms with van der Waals surface area (Å²) in [4.78, 5) is 14.1. The van der Waals surface area contributed by atoms with E-state index in [4.69, 9.17) is 27.9 Å². The molecule has 4 aromatic rings. The van der Waals surface area contributed by atoms with Crippen molar-refractivity contribution in [2.75, 3.05) is 0 Å². The molecule has 0 atom stereocenters. The minimum Gasteiger partial charge on any atom is -0.424 e. The van der Waals surface area contributed by atoms with Crippen LogP contribution in [-0.4, -0.2) is 15.0 Å². The standard InChI is InChI=1S/C19H13Cl2N3OS/c1-11-17(26-13-6-8-22-9-7-13)5-3-15-18(11)24-19(23-15)25-16-4-2-12(20)10-14(16)21/h2-10H,1H3,(H,23,24). The molecule has 0 aliphatic rings. The summed E-state index contributed by atoms with van der Waals surface area (Å²) < 4.78 is 5.79. The minimum atomic E-state index is 0.387. The van der Waals surface area contributed by atoms with Crippen LogP contribution in [0.1, 0.15) is 5.56 Å². The Hall–Kier alpha value is -2.21. The van der Waals surface area contributed by atoms with E-state index in [1.165, 1.54) is 0 Å². The number of rotatable bonds is 4. The lowest BCUT2D eigenvalue weighted by atomic mass is 10.2. The molecule has 7 heteroatoms. The molecular weight excluding hydrogens is 389 g/mol. The minimum absolute atomic E-state index is 0.387. The van der Waals surface area contributed by atoms with Gasteiger partial charge in [-0.1, -0.05) is 35.0 Å². The van der Waals surface area contributed by atoms with Gasteiger partial charge in [0.1, 0.15) is 5.75 Å². The van der Waals surface area contributed by atoms with E-state index in [0.29, 0.717) is 21.8 Å². The zero-order valence-electron chi connectivity index (χ0n) is 13.7. The van der Waals surface area contributed by atoms with E-state index in [1.807, 2.05) is 25.1 Å². The number of nitrogens with one attached hydrogen (secondary N) is 1. The zero-order chi connectivity index (χ0) is 18.1. The summed E-state index contributed by atoms with van der Waals surface area (Å²) in [5.41, 5.74) is 2.85. The summed E-state index contributed by atoms with van der Waals surface area (Å²) in [6.07, 6.45) is 3.57. The van der Waals surface area contributed by atoms with Crippen molar-refractivity contribution in [1.82, 2.24) is 15.0 Å². The zero-order valence-corrected chi connectivity index (χ0v) is 16.0. The topological polar surface area (TPSA) is 50.8 Å². The highest BCUT2D eigenvalue weighted by Crippen LogP contribution is 2.35. The fourth-order valence-electron chi connectivity index (χ4n) is 2.53. The number of H-pyrrole nitrogens is 1. The molecule has 0 amide bonds. The van der Waals surface area contributed by atoms with Crippen LogP contribution in [0.5, 0.6) is 11.8 Å². The third-order valence-corrected chi connectivity index (χ3v) is 5.51. The average molecular weight is 402 g/mol. The Morgan fingerprint density at radius 2 is 1.85 bits per heavy atom. The second-order valence-corrected chi connectivity index (χ2v) is 7.55. The van der Waals surface area contributed by atoms with Gasteiger partial charge < -0.3 is 9.72 Å². The third-order valence-electron chi connectivity index (χ3n) is 3.81.